The summed E-state index contributed by atoms with van der Waals surface area (Å²) in [6, 6.07) is 3.18. The van der Waals surface area contributed by atoms with Gasteiger partial charge in [-0.25, -0.2) is 4.79 Å². The normalized spacial score (nSPS) is 13.2. The number of esters is 1. The summed E-state index contributed by atoms with van der Waals surface area (Å²) in [5, 5.41) is 3.06. The number of rotatable bonds is 2. The quantitative estimate of drug-likeness (QED) is 0.804. The molecule has 1 aliphatic heterocycles. The van der Waals surface area contributed by atoms with Crippen molar-refractivity contribution in [2.75, 3.05) is 11.9 Å². The van der Waals surface area contributed by atoms with E-state index in [2.05, 4.69) is 5.32 Å². The molecule has 84 valence electrons. The van der Waals surface area contributed by atoms with E-state index in [1.807, 2.05) is 0 Å². The Bertz CT molecular complexity index is 471. The first-order chi connectivity index (χ1) is 7.61. The Morgan fingerprint density at radius 1 is 1.56 bits per heavy atom. The van der Waals surface area contributed by atoms with Gasteiger partial charge in [-0.05, 0) is 24.6 Å². The van der Waals surface area contributed by atoms with Gasteiger partial charge in [0.2, 0.25) is 5.91 Å². The van der Waals surface area contributed by atoms with Crippen LogP contribution in [-0.4, -0.2) is 18.5 Å². The number of hydrogen-bond acceptors (Lipinski definition) is 3. The molecule has 0 fully saturated rings. The van der Waals surface area contributed by atoms with Crippen molar-refractivity contribution < 1.29 is 14.3 Å². The summed E-state index contributed by atoms with van der Waals surface area (Å²) in [4.78, 5) is 22.9. The Kier molecular flexibility index (Phi) is 2.83. The minimum atomic E-state index is -0.469. The number of halogens is 1. The lowest BCUT2D eigenvalue weighted by Crippen LogP contribution is -2.10. The lowest BCUT2D eigenvalue weighted by molar-refractivity contribution is -0.115. The highest BCUT2D eigenvalue weighted by Crippen LogP contribution is 2.31. The molecule has 2 rings (SSSR count). The molecule has 0 bridgehead atoms. The number of benzene rings is 1. The molecular weight excluding hydrogens is 230 g/mol. The number of carbonyl (C=O) groups is 2. The Morgan fingerprint density at radius 3 is 3.00 bits per heavy atom. The van der Waals surface area contributed by atoms with Crippen molar-refractivity contribution in [3.8, 4) is 0 Å². The highest BCUT2D eigenvalue weighted by atomic mass is 35.5. The summed E-state index contributed by atoms with van der Waals surface area (Å²) in [6.07, 6.45) is 0.252. The van der Waals surface area contributed by atoms with Crippen molar-refractivity contribution in [2.24, 2.45) is 0 Å². The predicted octanol–water partition coefficient (Wildman–Crippen LogP) is 2.01. The fraction of sp³-hybridized carbons (Fsp3) is 0.273. The molecule has 0 aliphatic carbocycles. The third-order valence-electron chi connectivity index (χ3n) is 2.30. The first kappa shape index (κ1) is 11.0. The van der Waals surface area contributed by atoms with E-state index in [1.165, 1.54) is 6.07 Å². The van der Waals surface area contributed by atoms with Crippen molar-refractivity contribution >= 4 is 29.2 Å². The fourth-order valence-electron chi connectivity index (χ4n) is 1.68. The van der Waals surface area contributed by atoms with Gasteiger partial charge in [-0.15, -0.1) is 0 Å². The van der Waals surface area contributed by atoms with E-state index in [4.69, 9.17) is 16.3 Å². The number of fused-ring (bicyclic) bond motifs is 1. The zero-order valence-corrected chi connectivity index (χ0v) is 9.43. The summed E-state index contributed by atoms with van der Waals surface area (Å²) in [7, 11) is 0. The first-order valence-electron chi connectivity index (χ1n) is 4.91. The van der Waals surface area contributed by atoms with Gasteiger partial charge in [0.05, 0.1) is 24.3 Å². The number of hydrogen-bond donors (Lipinski definition) is 1. The van der Waals surface area contributed by atoms with Crippen LogP contribution in [0.25, 0.3) is 0 Å². The SMILES string of the molecule is CCOC(=O)c1cc(Cl)cc2c1NC(=O)C2. The van der Waals surface area contributed by atoms with E-state index < -0.39 is 5.97 Å². The largest absolute Gasteiger partial charge is 0.462 e. The number of ether oxygens (including phenoxy) is 1. The van der Waals surface area contributed by atoms with E-state index in [-0.39, 0.29) is 18.9 Å². The van der Waals surface area contributed by atoms with Gasteiger partial charge in [0, 0.05) is 5.02 Å². The molecule has 1 N–H and O–H groups in total. The molecule has 16 heavy (non-hydrogen) atoms. The van der Waals surface area contributed by atoms with Crippen LogP contribution in [0.4, 0.5) is 5.69 Å². The molecule has 1 aromatic carbocycles. The van der Waals surface area contributed by atoms with E-state index >= 15 is 0 Å². The molecule has 0 saturated heterocycles. The van der Waals surface area contributed by atoms with E-state index in [9.17, 15) is 9.59 Å². The fourth-order valence-corrected chi connectivity index (χ4v) is 1.92. The highest BCUT2D eigenvalue weighted by Gasteiger charge is 2.25. The molecule has 0 radical (unpaired) electrons. The van der Waals surface area contributed by atoms with Gasteiger partial charge in [0.25, 0.3) is 0 Å². The molecule has 4 nitrogen and oxygen atoms in total. The average molecular weight is 240 g/mol. The summed E-state index contributed by atoms with van der Waals surface area (Å²) in [6.45, 7) is 2.01. The molecule has 0 unspecified atom stereocenters. The highest BCUT2D eigenvalue weighted by molar-refractivity contribution is 6.31. The monoisotopic (exact) mass is 239 g/mol. The van der Waals surface area contributed by atoms with Crippen LogP contribution in [0.15, 0.2) is 12.1 Å². The van der Waals surface area contributed by atoms with Crippen molar-refractivity contribution in [1.82, 2.24) is 0 Å². The van der Waals surface area contributed by atoms with E-state index in [1.54, 1.807) is 13.0 Å². The van der Waals surface area contributed by atoms with E-state index in [0.717, 1.165) is 5.56 Å². The van der Waals surface area contributed by atoms with E-state index in [0.29, 0.717) is 16.3 Å². The summed E-state index contributed by atoms with van der Waals surface area (Å²) < 4.78 is 4.89. The molecule has 0 atom stereocenters. The number of nitrogens with one attached hydrogen (secondary N) is 1. The lowest BCUT2D eigenvalue weighted by atomic mass is 10.1. The van der Waals surface area contributed by atoms with Crippen LogP contribution in [0, 0.1) is 0 Å². The van der Waals surface area contributed by atoms with Gasteiger partial charge >= 0.3 is 5.97 Å². The standard InChI is InChI=1S/C11H10ClNO3/c1-2-16-11(15)8-5-7(12)3-6-4-9(14)13-10(6)8/h3,5H,2,4H2,1H3,(H,13,14). The summed E-state index contributed by atoms with van der Waals surface area (Å²) in [5.74, 6) is -0.605. The maximum atomic E-state index is 11.6. The molecule has 0 spiro atoms. The molecule has 1 aromatic rings. The van der Waals surface area contributed by atoms with Gasteiger partial charge in [0.15, 0.2) is 0 Å². The van der Waals surface area contributed by atoms with Gasteiger partial charge < -0.3 is 10.1 Å². The number of carbonyl (C=O) groups excluding carboxylic acids is 2. The van der Waals surface area contributed by atoms with Crippen LogP contribution in [-0.2, 0) is 16.0 Å². The Hall–Kier alpha value is -1.55. The molecular formula is C11H10ClNO3. The second kappa shape index (κ2) is 4.14. The molecule has 5 heteroatoms. The maximum absolute atomic E-state index is 11.6. The van der Waals surface area contributed by atoms with Crippen LogP contribution in [0.2, 0.25) is 5.02 Å². The summed E-state index contributed by atoms with van der Waals surface area (Å²) in [5.41, 5.74) is 1.57. The minimum Gasteiger partial charge on any atom is -0.462 e. The Balaban J connectivity index is 2.46. The lowest BCUT2D eigenvalue weighted by Gasteiger charge is -2.07. The van der Waals surface area contributed by atoms with Crippen molar-refractivity contribution in [1.29, 1.82) is 0 Å². The zero-order chi connectivity index (χ0) is 11.7. The van der Waals surface area contributed by atoms with Crippen molar-refractivity contribution in [3.05, 3.63) is 28.3 Å². The first-order valence-corrected chi connectivity index (χ1v) is 5.29. The van der Waals surface area contributed by atoms with Crippen LogP contribution in [0.1, 0.15) is 22.8 Å². The second-order valence-electron chi connectivity index (χ2n) is 3.43. The number of anilines is 1. The van der Waals surface area contributed by atoms with Crippen molar-refractivity contribution in [3.63, 3.8) is 0 Å². The topological polar surface area (TPSA) is 55.4 Å². The molecule has 1 amide bonds. The smallest absolute Gasteiger partial charge is 0.340 e. The van der Waals surface area contributed by atoms with Crippen LogP contribution in [0.3, 0.4) is 0 Å². The Labute approximate surface area is 97.5 Å². The Morgan fingerprint density at radius 2 is 2.31 bits per heavy atom. The minimum absolute atomic E-state index is 0.136. The van der Waals surface area contributed by atoms with Gasteiger partial charge in [0.1, 0.15) is 0 Å². The molecule has 1 heterocycles. The number of amides is 1. The molecule has 1 aliphatic rings. The molecule has 0 saturated carbocycles. The van der Waals surface area contributed by atoms with Gasteiger partial charge in [-0.3, -0.25) is 4.79 Å². The van der Waals surface area contributed by atoms with Crippen LogP contribution in [0.5, 0.6) is 0 Å². The van der Waals surface area contributed by atoms with Crippen LogP contribution < -0.4 is 5.32 Å². The van der Waals surface area contributed by atoms with Crippen molar-refractivity contribution in [2.45, 2.75) is 13.3 Å². The third-order valence-corrected chi connectivity index (χ3v) is 2.51. The van der Waals surface area contributed by atoms with Gasteiger partial charge in [-0.1, -0.05) is 11.6 Å². The average Bonchev–Trinajstić information content (AvgIpc) is 2.57. The van der Waals surface area contributed by atoms with Gasteiger partial charge in [-0.2, -0.15) is 0 Å². The summed E-state index contributed by atoms with van der Waals surface area (Å²) >= 11 is 5.87. The second-order valence-corrected chi connectivity index (χ2v) is 3.87. The van der Waals surface area contributed by atoms with Crippen LogP contribution >= 0.6 is 11.6 Å². The predicted molar refractivity (Wildman–Crippen MR) is 59.7 cm³/mol. The zero-order valence-electron chi connectivity index (χ0n) is 8.67. The molecule has 0 aromatic heterocycles. The third kappa shape index (κ3) is 1.88. The maximum Gasteiger partial charge on any atom is 0.340 e.